The number of nitrogens with zero attached hydrogens (tertiary/aromatic N) is 1. The molecule has 1 aliphatic heterocycles. The predicted molar refractivity (Wildman–Crippen MR) is 87.0 cm³/mol. The van der Waals surface area contributed by atoms with Crippen molar-refractivity contribution in [3.63, 3.8) is 0 Å². The number of amides is 1. The summed E-state index contributed by atoms with van der Waals surface area (Å²) in [6.07, 6.45) is 3.62. The predicted octanol–water partition coefficient (Wildman–Crippen LogP) is 1.45. The number of methoxy groups -OCH3 is 1. The molecule has 0 radical (unpaired) electrons. The molecule has 2 N–H and O–H groups in total. The van der Waals surface area contributed by atoms with Gasteiger partial charge in [-0.05, 0) is 24.1 Å². The highest BCUT2D eigenvalue weighted by Gasteiger charge is 2.31. The molecule has 2 atom stereocenters. The van der Waals surface area contributed by atoms with Crippen molar-refractivity contribution in [2.24, 2.45) is 0 Å². The molecule has 0 aliphatic carbocycles. The fraction of sp³-hybridized carbons (Fsp3) is 0.412. The quantitative estimate of drug-likeness (QED) is 0.790. The molecule has 1 saturated heterocycles. The van der Waals surface area contributed by atoms with Gasteiger partial charge in [0.2, 0.25) is 5.91 Å². The van der Waals surface area contributed by atoms with Gasteiger partial charge in [-0.1, -0.05) is 6.07 Å². The summed E-state index contributed by atoms with van der Waals surface area (Å²) in [4.78, 5) is 12.2. The summed E-state index contributed by atoms with van der Waals surface area (Å²) in [6, 6.07) is 4.46. The second-order valence-electron chi connectivity index (χ2n) is 5.77. The van der Waals surface area contributed by atoms with Crippen molar-refractivity contribution < 1.29 is 23.4 Å². The van der Waals surface area contributed by atoms with Gasteiger partial charge in [-0.2, -0.15) is 5.10 Å². The van der Waals surface area contributed by atoms with Crippen molar-refractivity contribution in [1.82, 2.24) is 15.5 Å². The van der Waals surface area contributed by atoms with Crippen LogP contribution in [0.4, 0.5) is 4.39 Å². The van der Waals surface area contributed by atoms with E-state index in [1.165, 1.54) is 13.2 Å². The molecule has 1 aliphatic rings. The fourth-order valence-corrected chi connectivity index (χ4v) is 2.67. The summed E-state index contributed by atoms with van der Waals surface area (Å²) in [7, 11) is 1.41. The Bertz CT molecular complexity index is 708. The Morgan fingerprint density at radius 1 is 1.48 bits per heavy atom. The number of carbonyl (C=O) groups excluding carboxylic acids is 1. The number of carbonyl (C=O) groups is 1. The second kappa shape index (κ2) is 7.98. The standard InChI is InChI=1S/C17H20FN3O4/c1-23-15-4-2-11(6-13(15)18)3-5-17(22)21-14-9-24-10-16(14)25-12-7-19-20-8-12/h2,4,6-8,14,16H,3,5,9-10H2,1H3,(H,19,20)(H,21,22)/t14-,16+/m0/s1. The summed E-state index contributed by atoms with van der Waals surface area (Å²) >= 11 is 0. The van der Waals surface area contributed by atoms with E-state index in [9.17, 15) is 9.18 Å². The monoisotopic (exact) mass is 349 g/mol. The third-order valence-corrected chi connectivity index (χ3v) is 3.99. The van der Waals surface area contributed by atoms with Gasteiger partial charge in [-0.15, -0.1) is 0 Å². The van der Waals surface area contributed by atoms with Crippen molar-refractivity contribution in [2.75, 3.05) is 20.3 Å². The first kappa shape index (κ1) is 17.2. The minimum Gasteiger partial charge on any atom is -0.494 e. The van der Waals surface area contributed by atoms with Gasteiger partial charge in [0.05, 0.1) is 38.8 Å². The van der Waals surface area contributed by atoms with Crippen LogP contribution < -0.4 is 14.8 Å². The number of hydrogen-bond donors (Lipinski definition) is 2. The number of nitrogens with one attached hydrogen (secondary N) is 2. The van der Waals surface area contributed by atoms with Crippen LogP contribution in [-0.4, -0.2) is 48.6 Å². The topological polar surface area (TPSA) is 85.5 Å². The Kier molecular flexibility index (Phi) is 5.49. The van der Waals surface area contributed by atoms with Crippen molar-refractivity contribution in [2.45, 2.75) is 25.0 Å². The van der Waals surface area contributed by atoms with Gasteiger partial charge < -0.3 is 19.5 Å². The average molecular weight is 349 g/mol. The number of aryl methyl sites for hydroxylation is 1. The Balaban J connectivity index is 1.49. The first-order valence-corrected chi connectivity index (χ1v) is 8.00. The zero-order valence-corrected chi connectivity index (χ0v) is 13.8. The Hall–Kier alpha value is -2.61. The molecule has 1 aromatic carbocycles. The molecule has 2 heterocycles. The largest absolute Gasteiger partial charge is 0.494 e. The molecule has 0 saturated carbocycles. The highest BCUT2D eigenvalue weighted by molar-refractivity contribution is 5.76. The molecule has 0 bridgehead atoms. The van der Waals surface area contributed by atoms with Crippen molar-refractivity contribution in [3.05, 3.63) is 42.0 Å². The zero-order chi connectivity index (χ0) is 17.6. The third-order valence-electron chi connectivity index (χ3n) is 3.99. The van der Waals surface area contributed by atoms with Crippen LogP contribution >= 0.6 is 0 Å². The lowest BCUT2D eigenvalue weighted by Gasteiger charge is -2.19. The van der Waals surface area contributed by atoms with Gasteiger partial charge in [-0.3, -0.25) is 9.89 Å². The number of rotatable bonds is 7. The molecule has 0 unspecified atom stereocenters. The van der Waals surface area contributed by atoms with Gasteiger partial charge in [0, 0.05) is 6.42 Å². The van der Waals surface area contributed by atoms with Crippen LogP contribution in [0.25, 0.3) is 0 Å². The molecule has 8 heteroatoms. The lowest BCUT2D eigenvalue weighted by atomic mass is 10.1. The van der Waals surface area contributed by atoms with E-state index in [0.29, 0.717) is 25.4 Å². The number of benzene rings is 1. The summed E-state index contributed by atoms with van der Waals surface area (Å²) in [5.41, 5.74) is 0.738. The maximum Gasteiger partial charge on any atom is 0.220 e. The molecule has 1 aromatic heterocycles. The lowest BCUT2D eigenvalue weighted by Crippen LogP contribution is -2.45. The molecular formula is C17H20FN3O4. The number of halogens is 1. The van der Waals surface area contributed by atoms with E-state index in [4.69, 9.17) is 14.2 Å². The smallest absolute Gasteiger partial charge is 0.220 e. The van der Waals surface area contributed by atoms with E-state index >= 15 is 0 Å². The van der Waals surface area contributed by atoms with E-state index in [1.54, 1.807) is 24.5 Å². The van der Waals surface area contributed by atoms with Crippen LogP contribution in [0, 0.1) is 5.82 Å². The van der Waals surface area contributed by atoms with Crippen molar-refractivity contribution >= 4 is 5.91 Å². The number of aromatic amines is 1. The third kappa shape index (κ3) is 4.48. The van der Waals surface area contributed by atoms with Crippen LogP contribution in [0.5, 0.6) is 11.5 Å². The van der Waals surface area contributed by atoms with E-state index in [1.807, 2.05) is 0 Å². The summed E-state index contributed by atoms with van der Waals surface area (Å²) < 4.78 is 29.7. The Morgan fingerprint density at radius 2 is 2.36 bits per heavy atom. The number of hydrogen-bond acceptors (Lipinski definition) is 5. The molecule has 134 valence electrons. The highest BCUT2D eigenvalue weighted by Crippen LogP contribution is 2.19. The van der Waals surface area contributed by atoms with Gasteiger partial charge in [0.1, 0.15) is 6.10 Å². The van der Waals surface area contributed by atoms with Gasteiger partial charge >= 0.3 is 0 Å². The van der Waals surface area contributed by atoms with E-state index < -0.39 is 5.82 Å². The van der Waals surface area contributed by atoms with Gasteiger partial charge in [0.15, 0.2) is 17.3 Å². The second-order valence-corrected chi connectivity index (χ2v) is 5.77. The maximum absolute atomic E-state index is 13.7. The van der Waals surface area contributed by atoms with Crippen molar-refractivity contribution in [1.29, 1.82) is 0 Å². The molecule has 1 fully saturated rings. The average Bonchev–Trinajstić information content (AvgIpc) is 3.26. The van der Waals surface area contributed by atoms with Gasteiger partial charge in [0.25, 0.3) is 0 Å². The molecule has 25 heavy (non-hydrogen) atoms. The molecule has 2 aromatic rings. The first-order valence-electron chi connectivity index (χ1n) is 8.00. The van der Waals surface area contributed by atoms with Gasteiger partial charge in [-0.25, -0.2) is 4.39 Å². The molecule has 0 spiro atoms. The highest BCUT2D eigenvalue weighted by atomic mass is 19.1. The Labute approximate surface area is 144 Å². The van der Waals surface area contributed by atoms with Crippen LogP contribution in [-0.2, 0) is 16.0 Å². The van der Waals surface area contributed by atoms with Crippen molar-refractivity contribution in [3.8, 4) is 11.5 Å². The Morgan fingerprint density at radius 3 is 3.08 bits per heavy atom. The fourth-order valence-electron chi connectivity index (χ4n) is 2.67. The zero-order valence-electron chi connectivity index (χ0n) is 13.8. The molecular weight excluding hydrogens is 329 g/mol. The maximum atomic E-state index is 13.7. The van der Waals surface area contributed by atoms with Crippen LogP contribution in [0.3, 0.4) is 0 Å². The summed E-state index contributed by atoms with van der Waals surface area (Å²) in [5, 5.41) is 9.39. The summed E-state index contributed by atoms with van der Waals surface area (Å²) in [6.45, 7) is 0.797. The normalized spacial score (nSPS) is 19.6. The SMILES string of the molecule is COc1ccc(CCC(=O)N[C@H]2COC[C@H]2Oc2cn[nH]c2)cc1F. The van der Waals surface area contributed by atoms with E-state index in [2.05, 4.69) is 15.5 Å². The molecule has 3 rings (SSSR count). The number of ether oxygens (including phenoxy) is 3. The lowest BCUT2D eigenvalue weighted by molar-refractivity contribution is -0.122. The summed E-state index contributed by atoms with van der Waals surface area (Å²) in [5.74, 6) is 0.227. The molecule has 7 nitrogen and oxygen atoms in total. The number of aromatic nitrogens is 2. The van der Waals surface area contributed by atoms with Crippen LogP contribution in [0.15, 0.2) is 30.6 Å². The number of H-pyrrole nitrogens is 1. The van der Waals surface area contributed by atoms with E-state index in [0.717, 1.165) is 5.56 Å². The first-order chi connectivity index (χ1) is 12.2. The van der Waals surface area contributed by atoms with Crippen LogP contribution in [0.2, 0.25) is 0 Å². The molecule has 1 amide bonds. The van der Waals surface area contributed by atoms with E-state index in [-0.39, 0.29) is 30.2 Å². The minimum absolute atomic E-state index is 0.132. The minimum atomic E-state index is -0.432. The van der Waals surface area contributed by atoms with Crippen LogP contribution in [0.1, 0.15) is 12.0 Å².